The van der Waals surface area contributed by atoms with Gasteiger partial charge in [-0.2, -0.15) is 0 Å². The molecule has 9 heteroatoms. The van der Waals surface area contributed by atoms with Gasteiger partial charge in [0, 0.05) is 0 Å². The Balaban J connectivity index is 0.000000574. The van der Waals surface area contributed by atoms with Gasteiger partial charge in [-0.15, -0.1) is 0 Å². The van der Waals surface area contributed by atoms with Crippen LogP contribution in [0.5, 0.6) is 0 Å². The van der Waals surface area contributed by atoms with Gasteiger partial charge >= 0.3 is 0 Å². The SMILES string of the molecule is CC(C)C1C(C)CCCC1O.CC(C)C1CC(O)CCC1C.CC(C)C1CCC(O)CC1C.CC(C)C1CCCC(C)C1O.CC1CC(O)CC(C(C)C)C1.CC1CCC(O)C(C(C)C)C1.CCCCC1CCC(C)C(O)C1.CCCCC1CCC(O)C(C)C1.CCCCC1CCCC(O)C1C. The van der Waals surface area contributed by atoms with Gasteiger partial charge in [-0.05, 0) is 277 Å². The molecule has 0 aromatic heterocycles. The zero-order chi connectivity index (χ0) is 77.5. The molecule has 9 aliphatic carbocycles. The van der Waals surface area contributed by atoms with E-state index in [1.54, 1.807) is 0 Å². The Morgan fingerprint density at radius 2 is 0.775 bits per heavy atom. The molecule has 0 aromatic rings. The zero-order valence-electron chi connectivity index (χ0n) is 72.5. The monoisotopic (exact) mass is 1450 g/mol. The van der Waals surface area contributed by atoms with E-state index >= 15 is 0 Å². The summed E-state index contributed by atoms with van der Waals surface area (Å²) in [5.41, 5.74) is 0. The molecule has 0 heterocycles. The first kappa shape index (κ1) is 99.6. The summed E-state index contributed by atoms with van der Waals surface area (Å²) in [6, 6.07) is 0. The van der Waals surface area contributed by atoms with Crippen LogP contribution in [0.15, 0.2) is 0 Å². The van der Waals surface area contributed by atoms with Crippen LogP contribution in [0.25, 0.3) is 0 Å². The number of aliphatic hydroxyl groups excluding tert-OH is 9. The van der Waals surface area contributed by atoms with Gasteiger partial charge in [-0.25, -0.2) is 0 Å². The van der Waals surface area contributed by atoms with Crippen LogP contribution < -0.4 is 0 Å². The summed E-state index contributed by atoms with van der Waals surface area (Å²) < 4.78 is 0. The molecule has 27 atom stereocenters. The van der Waals surface area contributed by atoms with E-state index in [0.29, 0.717) is 59.2 Å². The van der Waals surface area contributed by atoms with Gasteiger partial charge in [0.15, 0.2) is 0 Å². The molecule has 9 rings (SSSR count). The van der Waals surface area contributed by atoms with Gasteiger partial charge in [-0.1, -0.05) is 262 Å². The standard InChI is InChI=1S/3C11H22O.6C10H20O/c1-3-4-6-10-7-5-8-11(12)9(10)2;1-3-4-5-10-6-7-11(12)9(2)8-10;1-3-4-5-10-7-6-9(2)11(12)8-10;1-7(2)9-4-8(3)5-10(11)6-9;1-7(2)10-5-4-9(11)6-8(10)3;1-7(2)10-6-9(11)5-4-8(10)3;1-7(2)9-6-8(3)4-5-10(9)11;1-7(2)10-8(3)5-4-6-9(10)11;1-7(2)9-6-4-5-8(3)10(9)11/h3*9-12H,3-8H2,1-2H3;6*7-11H,4-6H2,1-3H3. The van der Waals surface area contributed by atoms with E-state index < -0.39 is 0 Å². The van der Waals surface area contributed by atoms with E-state index in [-0.39, 0.29) is 54.9 Å². The minimum Gasteiger partial charge on any atom is -0.393 e. The van der Waals surface area contributed by atoms with Crippen LogP contribution in [0.3, 0.4) is 0 Å². The normalized spacial score (nSPS) is 38.6. The van der Waals surface area contributed by atoms with Crippen molar-refractivity contribution in [3.63, 3.8) is 0 Å². The van der Waals surface area contributed by atoms with Crippen LogP contribution >= 0.6 is 0 Å². The maximum absolute atomic E-state index is 9.81. The highest BCUT2D eigenvalue weighted by molar-refractivity contribution is 4.86. The topological polar surface area (TPSA) is 182 Å². The molecule has 9 aliphatic rings. The average molecular weight is 1450 g/mol. The first-order valence-corrected chi connectivity index (χ1v) is 45.0. The third-order valence-electron chi connectivity index (χ3n) is 27.9. The number of hydrogen-bond acceptors (Lipinski definition) is 9. The van der Waals surface area contributed by atoms with Crippen molar-refractivity contribution in [3.8, 4) is 0 Å². The smallest absolute Gasteiger partial charge is 0.0596 e. The molecule has 102 heavy (non-hydrogen) atoms. The predicted molar refractivity (Wildman–Crippen MR) is 440 cm³/mol. The summed E-state index contributed by atoms with van der Waals surface area (Å²) >= 11 is 0. The lowest BCUT2D eigenvalue weighted by Gasteiger charge is -2.36. The van der Waals surface area contributed by atoms with Crippen molar-refractivity contribution >= 4 is 0 Å². The molecule has 0 amide bonds. The molecule has 612 valence electrons. The summed E-state index contributed by atoms with van der Waals surface area (Å²) in [4.78, 5) is 0. The Morgan fingerprint density at radius 1 is 0.275 bits per heavy atom. The molecule has 9 fully saturated rings. The van der Waals surface area contributed by atoms with Gasteiger partial charge < -0.3 is 46.0 Å². The second-order valence-electron chi connectivity index (χ2n) is 39.2. The van der Waals surface area contributed by atoms with Crippen LogP contribution in [0.4, 0.5) is 0 Å². The fraction of sp³-hybridized carbons (Fsp3) is 1.00. The van der Waals surface area contributed by atoms with Crippen LogP contribution in [-0.4, -0.2) is 101 Å². The van der Waals surface area contributed by atoms with Crippen molar-refractivity contribution in [1.82, 2.24) is 0 Å². The molecule has 0 aromatic carbocycles. The summed E-state index contributed by atoms with van der Waals surface area (Å²) in [5.74, 6) is 16.7. The number of hydrogen-bond donors (Lipinski definition) is 9. The number of unbranched alkanes of at least 4 members (excludes halogenated alkanes) is 3. The van der Waals surface area contributed by atoms with Crippen molar-refractivity contribution < 1.29 is 46.0 Å². The van der Waals surface area contributed by atoms with Crippen molar-refractivity contribution in [2.24, 2.45) is 142 Å². The largest absolute Gasteiger partial charge is 0.393 e. The lowest BCUT2D eigenvalue weighted by Crippen LogP contribution is -2.34. The quantitative estimate of drug-likeness (QED) is 0.0771. The fourth-order valence-corrected chi connectivity index (χ4v) is 20.3. The lowest BCUT2D eigenvalue weighted by atomic mass is 9.73. The van der Waals surface area contributed by atoms with E-state index in [2.05, 4.69) is 166 Å². The molecule has 0 aliphatic heterocycles. The Bertz CT molecular complexity index is 1850. The molecule has 9 nitrogen and oxygen atoms in total. The van der Waals surface area contributed by atoms with E-state index in [9.17, 15) is 46.0 Å². The molecular formula is C93H186O9. The molecule has 0 spiro atoms. The number of rotatable bonds is 15. The van der Waals surface area contributed by atoms with Gasteiger partial charge in [0.05, 0.1) is 54.9 Å². The average Bonchev–Trinajstić information content (AvgIpc) is 0.861. The number of aliphatic hydroxyl groups is 9. The molecule has 0 saturated heterocycles. The fourth-order valence-electron chi connectivity index (χ4n) is 20.3. The van der Waals surface area contributed by atoms with Crippen LogP contribution in [0, 0.1) is 142 Å². The minimum absolute atomic E-state index is 0.0112. The Hall–Kier alpha value is -0.360. The first-order valence-electron chi connectivity index (χ1n) is 45.0. The van der Waals surface area contributed by atoms with E-state index in [1.807, 2.05) is 0 Å². The Morgan fingerprint density at radius 3 is 1.25 bits per heavy atom. The maximum atomic E-state index is 9.81. The van der Waals surface area contributed by atoms with E-state index in [1.165, 1.54) is 161 Å². The highest BCUT2D eigenvalue weighted by atomic mass is 16.3. The molecule has 27 unspecified atom stereocenters. The van der Waals surface area contributed by atoms with E-state index in [4.69, 9.17) is 0 Å². The van der Waals surface area contributed by atoms with Crippen LogP contribution in [-0.2, 0) is 0 Å². The molecule has 0 radical (unpaired) electrons. The third-order valence-corrected chi connectivity index (χ3v) is 27.9. The minimum atomic E-state index is -0.0382. The van der Waals surface area contributed by atoms with Gasteiger partial charge in [0.2, 0.25) is 0 Å². The highest BCUT2D eigenvalue weighted by Gasteiger charge is 2.35. The molecular weight excluding hydrogens is 1260 g/mol. The van der Waals surface area contributed by atoms with Gasteiger partial charge in [0.25, 0.3) is 0 Å². The lowest BCUT2D eigenvalue weighted by molar-refractivity contribution is 0.00480. The molecule has 9 N–H and O–H groups in total. The third kappa shape index (κ3) is 40.5. The van der Waals surface area contributed by atoms with Crippen LogP contribution in [0.1, 0.15) is 397 Å². The van der Waals surface area contributed by atoms with Crippen molar-refractivity contribution in [3.05, 3.63) is 0 Å². The highest BCUT2D eigenvalue weighted by Crippen LogP contribution is 2.41. The second kappa shape index (κ2) is 55.1. The zero-order valence-corrected chi connectivity index (χ0v) is 72.5. The van der Waals surface area contributed by atoms with Crippen molar-refractivity contribution in [2.45, 2.75) is 452 Å². The molecule has 0 bridgehead atoms. The Labute approximate surface area is 636 Å². The van der Waals surface area contributed by atoms with Crippen molar-refractivity contribution in [2.75, 3.05) is 0 Å². The van der Waals surface area contributed by atoms with Crippen LogP contribution in [0.2, 0.25) is 0 Å². The summed E-state index contributed by atoms with van der Waals surface area (Å²) in [6.07, 6.45) is 43.2. The first-order chi connectivity index (χ1) is 47.9. The summed E-state index contributed by atoms with van der Waals surface area (Å²) in [6.45, 7) is 53.8. The van der Waals surface area contributed by atoms with Crippen molar-refractivity contribution in [1.29, 1.82) is 0 Å². The Kier molecular flexibility index (Phi) is 53.8. The summed E-state index contributed by atoms with van der Waals surface area (Å²) in [5, 5.41) is 86.3. The van der Waals surface area contributed by atoms with Gasteiger partial charge in [-0.3, -0.25) is 0 Å². The summed E-state index contributed by atoms with van der Waals surface area (Å²) in [7, 11) is 0. The predicted octanol–water partition coefficient (Wildman–Crippen LogP) is 23.6. The molecule has 9 saturated carbocycles. The van der Waals surface area contributed by atoms with E-state index in [0.717, 1.165) is 153 Å². The maximum Gasteiger partial charge on any atom is 0.0596 e. The second-order valence-corrected chi connectivity index (χ2v) is 39.2. The van der Waals surface area contributed by atoms with Gasteiger partial charge in [0.1, 0.15) is 0 Å².